The molecule has 23 heavy (non-hydrogen) atoms. The Balaban J connectivity index is 0.00000192. The van der Waals surface area contributed by atoms with Crippen molar-refractivity contribution in [2.45, 2.75) is 19.3 Å². The summed E-state index contributed by atoms with van der Waals surface area (Å²) < 4.78 is 5.41. The van der Waals surface area contributed by atoms with E-state index in [9.17, 15) is 4.79 Å². The lowest BCUT2D eigenvalue weighted by molar-refractivity contribution is -0.114. The Kier molecular flexibility index (Phi) is 5.90. The van der Waals surface area contributed by atoms with Crippen LogP contribution in [0.15, 0.2) is 42.4 Å². The zero-order valence-corrected chi connectivity index (χ0v) is 13.1. The van der Waals surface area contributed by atoms with Crippen molar-refractivity contribution in [3.05, 3.63) is 48.1 Å². The van der Waals surface area contributed by atoms with Crippen molar-refractivity contribution >= 4 is 11.5 Å². The Morgan fingerprint density at radius 1 is 1.30 bits per heavy atom. The van der Waals surface area contributed by atoms with Crippen LogP contribution in [-0.4, -0.2) is 41.0 Å². The lowest BCUT2D eigenvalue weighted by atomic mass is 9.97. The molecule has 2 aliphatic rings. The molecule has 1 amide bonds. The summed E-state index contributed by atoms with van der Waals surface area (Å²) >= 11 is 0. The third-order valence-corrected chi connectivity index (χ3v) is 4.14. The largest absolute Gasteiger partial charge is 0.412 e. The third-order valence-electron chi connectivity index (χ3n) is 4.14. The fraction of sp³-hybridized carbons (Fsp3) is 0.412. The van der Waals surface area contributed by atoms with Crippen LogP contribution in [0, 0.1) is 5.92 Å². The average Bonchev–Trinajstić information content (AvgIpc) is 2.56. The second kappa shape index (κ2) is 7.89. The van der Waals surface area contributed by atoms with Crippen molar-refractivity contribution in [3.8, 4) is 0 Å². The summed E-state index contributed by atoms with van der Waals surface area (Å²) in [6.45, 7) is 2.53. The molecule has 0 atom stereocenters. The smallest absolute Gasteiger partial charge is 0.246 e. The van der Waals surface area contributed by atoms with Gasteiger partial charge in [0.1, 0.15) is 0 Å². The molecule has 3 rings (SSSR count). The monoisotopic (exact) mass is 317 g/mol. The number of pyridine rings is 1. The van der Waals surface area contributed by atoms with Gasteiger partial charge in [0.15, 0.2) is 0 Å². The SMILES string of the molecule is NC(=O)C1=CN(CC2CCOCC2)C=C(c2ccccn2)C1.O. The van der Waals surface area contributed by atoms with Gasteiger partial charge in [0.25, 0.3) is 0 Å². The normalized spacial score (nSPS) is 18.7. The van der Waals surface area contributed by atoms with Crippen molar-refractivity contribution in [1.29, 1.82) is 0 Å². The number of aromatic nitrogens is 1. The lowest BCUT2D eigenvalue weighted by Gasteiger charge is -2.30. The van der Waals surface area contributed by atoms with Crippen molar-refractivity contribution < 1.29 is 15.0 Å². The molecular formula is C17H23N3O3. The fourth-order valence-corrected chi connectivity index (χ4v) is 2.93. The summed E-state index contributed by atoms with van der Waals surface area (Å²) in [6, 6.07) is 5.80. The highest BCUT2D eigenvalue weighted by atomic mass is 16.5. The highest BCUT2D eigenvalue weighted by Gasteiger charge is 2.21. The summed E-state index contributed by atoms with van der Waals surface area (Å²) in [7, 11) is 0. The van der Waals surface area contributed by atoms with E-state index in [0.717, 1.165) is 43.9 Å². The fourth-order valence-electron chi connectivity index (χ4n) is 2.93. The van der Waals surface area contributed by atoms with E-state index >= 15 is 0 Å². The molecule has 0 aliphatic carbocycles. The second-order valence-corrected chi connectivity index (χ2v) is 5.82. The van der Waals surface area contributed by atoms with E-state index < -0.39 is 0 Å². The molecule has 0 unspecified atom stereocenters. The number of ether oxygens (including phenoxy) is 1. The minimum Gasteiger partial charge on any atom is -0.412 e. The molecule has 124 valence electrons. The van der Waals surface area contributed by atoms with Crippen LogP contribution in [0.1, 0.15) is 25.0 Å². The number of rotatable bonds is 4. The van der Waals surface area contributed by atoms with Crippen LogP contribution in [0.4, 0.5) is 0 Å². The molecule has 6 heteroatoms. The van der Waals surface area contributed by atoms with Crippen LogP contribution >= 0.6 is 0 Å². The Morgan fingerprint density at radius 2 is 2.09 bits per heavy atom. The van der Waals surface area contributed by atoms with Gasteiger partial charge in [0.2, 0.25) is 5.91 Å². The number of nitrogens with two attached hydrogens (primary N) is 1. The molecule has 2 aliphatic heterocycles. The first kappa shape index (κ1) is 17.2. The molecule has 4 N–H and O–H groups in total. The first-order chi connectivity index (χ1) is 10.7. The number of hydrogen-bond acceptors (Lipinski definition) is 4. The van der Waals surface area contributed by atoms with Crippen LogP contribution in [0.25, 0.3) is 5.57 Å². The van der Waals surface area contributed by atoms with Gasteiger partial charge in [0.05, 0.1) is 5.69 Å². The van der Waals surface area contributed by atoms with E-state index in [4.69, 9.17) is 10.5 Å². The van der Waals surface area contributed by atoms with Gasteiger partial charge in [0, 0.05) is 50.3 Å². The van der Waals surface area contributed by atoms with Crippen LogP contribution in [0.5, 0.6) is 0 Å². The standard InChI is InChI=1S/C17H21N3O2.H2O/c18-17(21)15-9-14(16-3-1-2-6-19-16)11-20(12-15)10-13-4-7-22-8-5-13;/h1-3,6,11-13H,4-5,7-10H2,(H2,18,21);1H2. The number of hydrogen-bond donors (Lipinski definition) is 1. The molecule has 0 radical (unpaired) electrons. The first-order valence-electron chi connectivity index (χ1n) is 7.68. The minimum atomic E-state index is -0.362. The number of primary amides is 1. The van der Waals surface area contributed by atoms with Gasteiger partial charge in [-0.15, -0.1) is 0 Å². The van der Waals surface area contributed by atoms with E-state index in [-0.39, 0.29) is 11.4 Å². The van der Waals surface area contributed by atoms with Crippen molar-refractivity contribution in [1.82, 2.24) is 9.88 Å². The number of nitrogens with zero attached hydrogens (tertiary/aromatic N) is 2. The molecule has 6 nitrogen and oxygen atoms in total. The summed E-state index contributed by atoms with van der Waals surface area (Å²) in [5.41, 5.74) is 8.06. The summed E-state index contributed by atoms with van der Waals surface area (Å²) in [6.07, 6.45) is 8.39. The first-order valence-corrected chi connectivity index (χ1v) is 7.68. The highest BCUT2D eigenvalue weighted by Crippen LogP contribution is 2.27. The van der Waals surface area contributed by atoms with Gasteiger partial charge < -0.3 is 20.8 Å². The molecule has 1 saturated heterocycles. The molecular weight excluding hydrogens is 294 g/mol. The number of carbonyl (C=O) groups is 1. The Labute approximate surface area is 135 Å². The predicted molar refractivity (Wildman–Crippen MR) is 88.0 cm³/mol. The van der Waals surface area contributed by atoms with Crippen LogP contribution in [0.3, 0.4) is 0 Å². The van der Waals surface area contributed by atoms with E-state index in [1.807, 2.05) is 24.4 Å². The van der Waals surface area contributed by atoms with E-state index in [0.29, 0.717) is 17.9 Å². The number of amides is 1. The second-order valence-electron chi connectivity index (χ2n) is 5.82. The zero-order valence-electron chi connectivity index (χ0n) is 13.1. The van der Waals surface area contributed by atoms with E-state index in [1.54, 1.807) is 6.20 Å². The van der Waals surface area contributed by atoms with Crippen molar-refractivity contribution in [3.63, 3.8) is 0 Å². The average molecular weight is 317 g/mol. The van der Waals surface area contributed by atoms with Gasteiger partial charge in [-0.3, -0.25) is 9.78 Å². The Hall–Kier alpha value is -2.18. The molecule has 3 heterocycles. The van der Waals surface area contributed by atoms with Gasteiger partial charge in [-0.2, -0.15) is 0 Å². The van der Waals surface area contributed by atoms with Crippen LogP contribution in [-0.2, 0) is 9.53 Å². The molecule has 0 saturated carbocycles. The number of carbonyl (C=O) groups excluding carboxylic acids is 1. The molecule has 0 bridgehead atoms. The zero-order chi connectivity index (χ0) is 15.4. The number of allylic oxidation sites excluding steroid dienone is 1. The lowest BCUT2D eigenvalue weighted by Crippen LogP contribution is -2.29. The van der Waals surface area contributed by atoms with Gasteiger partial charge in [-0.1, -0.05) is 6.07 Å². The minimum absolute atomic E-state index is 0. The van der Waals surface area contributed by atoms with E-state index in [1.165, 1.54) is 0 Å². The summed E-state index contributed by atoms with van der Waals surface area (Å²) in [5, 5.41) is 0. The molecule has 1 aromatic heterocycles. The maximum absolute atomic E-state index is 11.6. The van der Waals surface area contributed by atoms with Crippen LogP contribution in [0.2, 0.25) is 0 Å². The summed E-state index contributed by atoms with van der Waals surface area (Å²) in [4.78, 5) is 18.1. The molecule has 0 spiro atoms. The maximum atomic E-state index is 11.6. The van der Waals surface area contributed by atoms with Gasteiger partial charge >= 0.3 is 0 Å². The topological polar surface area (TPSA) is 100.0 Å². The molecule has 1 aromatic rings. The Morgan fingerprint density at radius 3 is 2.74 bits per heavy atom. The predicted octanol–water partition coefficient (Wildman–Crippen LogP) is 1.10. The van der Waals surface area contributed by atoms with Gasteiger partial charge in [-0.05, 0) is 36.5 Å². The molecule has 0 aromatic carbocycles. The third kappa shape index (κ3) is 4.40. The van der Waals surface area contributed by atoms with Gasteiger partial charge in [-0.25, -0.2) is 0 Å². The Bertz CT molecular complexity index is 592. The maximum Gasteiger partial charge on any atom is 0.246 e. The highest BCUT2D eigenvalue weighted by molar-refractivity contribution is 5.94. The molecule has 1 fully saturated rings. The summed E-state index contributed by atoms with van der Waals surface area (Å²) in [5.74, 6) is 0.219. The van der Waals surface area contributed by atoms with Crippen LogP contribution < -0.4 is 5.73 Å². The van der Waals surface area contributed by atoms with Crippen molar-refractivity contribution in [2.75, 3.05) is 19.8 Å². The van der Waals surface area contributed by atoms with Crippen molar-refractivity contribution in [2.24, 2.45) is 11.7 Å². The van der Waals surface area contributed by atoms with E-state index in [2.05, 4.69) is 16.1 Å². The quantitative estimate of drug-likeness (QED) is 0.898.